The van der Waals surface area contributed by atoms with E-state index >= 15 is 0 Å². The van der Waals surface area contributed by atoms with Crippen LogP contribution in [0.4, 0.5) is 0 Å². The first-order valence-electron chi connectivity index (χ1n) is 7.96. The molecule has 0 unspecified atom stereocenters. The molecule has 3 rings (SSSR count). The van der Waals surface area contributed by atoms with E-state index in [2.05, 4.69) is 22.2 Å². The molecule has 2 heterocycles. The maximum absolute atomic E-state index is 5.49. The minimum absolute atomic E-state index is 0.560. The van der Waals surface area contributed by atoms with Crippen LogP contribution < -0.4 is 4.74 Å². The van der Waals surface area contributed by atoms with Gasteiger partial charge in [-0.3, -0.25) is 4.90 Å². The topological polar surface area (TPSA) is 38.5 Å². The van der Waals surface area contributed by atoms with Crippen LogP contribution in [-0.4, -0.2) is 29.8 Å². The van der Waals surface area contributed by atoms with Gasteiger partial charge in [0.1, 0.15) is 11.5 Å². The average molecular weight is 300 g/mol. The molecule has 1 aromatic carbocycles. The summed E-state index contributed by atoms with van der Waals surface area (Å²) in [6, 6.07) is 8.89. The molecular formula is C18H24N2O2. The van der Waals surface area contributed by atoms with E-state index in [0.717, 1.165) is 36.7 Å². The number of hydrogen-bond donors (Lipinski definition) is 0. The summed E-state index contributed by atoms with van der Waals surface area (Å²) in [5.41, 5.74) is 3.55. The van der Waals surface area contributed by atoms with E-state index in [1.165, 1.54) is 24.0 Å². The van der Waals surface area contributed by atoms with Crippen molar-refractivity contribution in [2.45, 2.75) is 45.7 Å². The molecule has 1 atom stereocenters. The highest BCUT2D eigenvalue weighted by molar-refractivity contribution is 5.34. The van der Waals surface area contributed by atoms with Crippen LogP contribution in [0.3, 0.4) is 0 Å². The van der Waals surface area contributed by atoms with Crippen molar-refractivity contribution in [3.63, 3.8) is 0 Å². The van der Waals surface area contributed by atoms with Crippen LogP contribution in [0.15, 0.2) is 28.8 Å². The van der Waals surface area contributed by atoms with Gasteiger partial charge in [-0.25, -0.2) is 0 Å². The summed E-state index contributed by atoms with van der Waals surface area (Å²) in [7, 11) is 1.75. The third kappa shape index (κ3) is 3.02. The van der Waals surface area contributed by atoms with Gasteiger partial charge < -0.3 is 9.26 Å². The van der Waals surface area contributed by atoms with Gasteiger partial charge >= 0.3 is 0 Å². The van der Waals surface area contributed by atoms with Crippen LogP contribution in [0.2, 0.25) is 0 Å². The minimum Gasteiger partial charge on any atom is -0.496 e. The molecule has 0 N–H and O–H groups in total. The van der Waals surface area contributed by atoms with Crippen molar-refractivity contribution in [3.05, 3.63) is 46.8 Å². The lowest BCUT2D eigenvalue weighted by Crippen LogP contribution is -2.31. The lowest BCUT2D eigenvalue weighted by Gasteiger charge is -2.25. The zero-order valence-corrected chi connectivity index (χ0v) is 13.6. The molecule has 2 aromatic rings. The number of aryl methyl sites for hydroxylation is 2. The largest absolute Gasteiger partial charge is 0.496 e. The normalized spacial score (nSPS) is 18.8. The molecule has 1 aliphatic heterocycles. The van der Waals surface area contributed by atoms with Gasteiger partial charge in [0.05, 0.1) is 12.8 Å². The van der Waals surface area contributed by atoms with Gasteiger partial charge in [-0.15, -0.1) is 0 Å². The molecule has 0 amide bonds. The summed E-state index contributed by atoms with van der Waals surface area (Å²) in [5.74, 6) is 1.94. The Hall–Kier alpha value is -1.81. The molecular weight excluding hydrogens is 276 g/mol. The van der Waals surface area contributed by atoms with Gasteiger partial charge in [-0.2, -0.15) is 0 Å². The van der Waals surface area contributed by atoms with Gasteiger partial charge in [0.2, 0.25) is 0 Å². The fourth-order valence-corrected chi connectivity index (χ4v) is 3.39. The van der Waals surface area contributed by atoms with Crippen molar-refractivity contribution < 1.29 is 9.26 Å². The van der Waals surface area contributed by atoms with Crippen molar-refractivity contribution >= 4 is 0 Å². The standard InChI is InChI=1S/C18H24N2O2/c1-13-17(14(2)22-19-13)12-20-10-6-8-16(20)11-15-7-4-5-9-18(15)21-3/h4-5,7,9,16H,6,8,10-12H2,1-3H3/t16-/m1/s1. The summed E-state index contributed by atoms with van der Waals surface area (Å²) in [5, 5.41) is 4.07. The molecule has 0 saturated carbocycles. The molecule has 0 aliphatic carbocycles. The summed E-state index contributed by atoms with van der Waals surface area (Å²) in [4.78, 5) is 2.55. The number of para-hydroxylation sites is 1. The molecule has 1 saturated heterocycles. The molecule has 0 bridgehead atoms. The highest BCUT2D eigenvalue weighted by atomic mass is 16.5. The van der Waals surface area contributed by atoms with Gasteiger partial charge in [-0.1, -0.05) is 23.4 Å². The average Bonchev–Trinajstić information content (AvgIpc) is 3.09. The van der Waals surface area contributed by atoms with E-state index in [9.17, 15) is 0 Å². The van der Waals surface area contributed by atoms with Gasteiger partial charge in [-0.05, 0) is 51.3 Å². The van der Waals surface area contributed by atoms with Gasteiger partial charge in [0.25, 0.3) is 0 Å². The van der Waals surface area contributed by atoms with Crippen molar-refractivity contribution in [2.24, 2.45) is 0 Å². The van der Waals surface area contributed by atoms with Crippen molar-refractivity contribution in [1.82, 2.24) is 10.1 Å². The molecule has 1 aliphatic rings. The number of nitrogens with zero attached hydrogens (tertiary/aromatic N) is 2. The Balaban J connectivity index is 1.73. The molecule has 1 aromatic heterocycles. The van der Waals surface area contributed by atoms with E-state index in [4.69, 9.17) is 9.26 Å². The van der Waals surface area contributed by atoms with Crippen molar-refractivity contribution in [2.75, 3.05) is 13.7 Å². The number of rotatable bonds is 5. The number of likely N-dealkylation sites (tertiary alicyclic amines) is 1. The molecule has 0 radical (unpaired) electrons. The van der Waals surface area contributed by atoms with E-state index in [1.54, 1.807) is 7.11 Å². The smallest absolute Gasteiger partial charge is 0.138 e. The first-order valence-corrected chi connectivity index (χ1v) is 7.96. The zero-order chi connectivity index (χ0) is 15.5. The van der Waals surface area contributed by atoms with Crippen LogP contribution in [-0.2, 0) is 13.0 Å². The number of ether oxygens (including phenoxy) is 1. The Labute approximate surface area is 132 Å². The lowest BCUT2D eigenvalue weighted by atomic mass is 10.0. The van der Waals surface area contributed by atoms with E-state index in [-0.39, 0.29) is 0 Å². The van der Waals surface area contributed by atoms with Crippen LogP contribution in [0.5, 0.6) is 5.75 Å². The monoisotopic (exact) mass is 300 g/mol. The van der Waals surface area contributed by atoms with E-state index < -0.39 is 0 Å². The van der Waals surface area contributed by atoms with Gasteiger partial charge in [0, 0.05) is 18.2 Å². The Morgan fingerprint density at radius 3 is 2.86 bits per heavy atom. The maximum Gasteiger partial charge on any atom is 0.138 e. The third-order valence-corrected chi connectivity index (χ3v) is 4.69. The Morgan fingerprint density at radius 2 is 2.14 bits per heavy atom. The predicted octanol–water partition coefficient (Wildman–Crippen LogP) is 3.51. The maximum atomic E-state index is 5.49. The first-order chi connectivity index (χ1) is 10.7. The highest BCUT2D eigenvalue weighted by Gasteiger charge is 2.27. The van der Waals surface area contributed by atoms with Gasteiger partial charge in [0.15, 0.2) is 0 Å². The molecule has 4 heteroatoms. The fourth-order valence-electron chi connectivity index (χ4n) is 3.39. The second-order valence-electron chi connectivity index (χ2n) is 6.09. The molecule has 22 heavy (non-hydrogen) atoms. The molecule has 0 spiro atoms. The van der Waals surface area contributed by atoms with Crippen molar-refractivity contribution in [3.8, 4) is 5.75 Å². The molecule has 1 fully saturated rings. The predicted molar refractivity (Wildman–Crippen MR) is 86.1 cm³/mol. The quantitative estimate of drug-likeness (QED) is 0.847. The Kier molecular flexibility index (Phi) is 4.48. The summed E-state index contributed by atoms with van der Waals surface area (Å²) in [6.45, 7) is 6.10. The fraction of sp³-hybridized carbons (Fsp3) is 0.500. The first kappa shape index (κ1) is 15.1. The number of methoxy groups -OCH3 is 1. The molecule has 4 nitrogen and oxygen atoms in total. The highest BCUT2D eigenvalue weighted by Crippen LogP contribution is 2.28. The minimum atomic E-state index is 0.560. The SMILES string of the molecule is COc1ccccc1C[C@H]1CCCN1Cc1c(C)noc1C. The van der Waals surface area contributed by atoms with Crippen LogP contribution >= 0.6 is 0 Å². The van der Waals surface area contributed by atoms with Crippen LogP contribution in [0, 0.1) is 13.8 Å². The Morgan fingerprint density at radius 1 is 1.32 bits per heavy atom. The lowest BCUT2D eigenvalue weighted by molar-refractivity contribution is 0.240. The summed E-state index contributed by atoms with van der Waals surface area (Å²) < 4.78 is 10.8. The number of hydrogen-bond acceptors (Lipinski definition) is 4. The number of benzene rings is 1. The summed E-state index contributed by atoms with van der Waals surface area (Å²) in [6.07, 6.45) is 3.53. The van der Waals surface area contributed by atoms with Crippen molar-refractivity contribution in [1.29, 1.82) is 0 Å². The summed E-state index contributed by atoms with van der Waals surface area (Å²) >= 11 is 0. The molecule has 118 valence electrons. The third-order valence-electron chi connectivity index (χ3n) is 4.69. The van der Waals surface area contributed by atoms with Crippen LogP contribution in [0.25, 0.3) is 0 Å². The second kappa shape index (κ2) is 6.53. The van der Waals surface area contributed by atoms with E-state index in [0.29, 0.717) is 6.04 Å². The second-order valence-corrected chi connectivity index (χ2v) is 6.09. The Bertz CT molecular complexity index is 616. The zero-order valence-electron chi connectivity index (χ0n) is 13.6. The van der Waals surface area contributed by atoms with E-state index in [1.807, 2.05) is 26.0 Å². The number of aromatic nitrogens is 1. The van der Waals surface area contributed by atoms with Crippen LogP contribution in [0.1, 0.15) is 35.4 Å².